The van der Waals surface area contributed by atoms with Crippen molar-refractivity contribution in [2.45, 2.75) is 6.92 Å². The molecule has 0 radical (unpaired) electrons. The summed E-state index contributed by atoms with van der Waals surface area (Å²) in [5.41, 5.74) is 9.91. The van der Waals surface area contributed by atoms with Crippen LogP contribution < -0.4 is 0 Å². The van der Waals surface area contributed by atoms with Crippen molar-refractivity contribution in [1.29, 1.82) is 0 Å². The van der Waals surface area contributed by atoms with Crippen LogP contribution >= 0.6 is 0 Å². The van der Waals surface area contributed by atoms with Crippen molar-refractivity contribution in [2.75, 3.05) is 0 Å². The van der Waals surface area contributed by atoms with E-state index in [0.29, 0.717) is 22.2 Å². The molecule has 1 aromatic heterocycles. The predicted molar refractivity (Wildman–Crippen MR) is 60.6 cm³/mol. The van der Waals surface area contributed by atoms with Crippen LogP contribution in [0.1, 0.15) is 17.3 Å². The summed E-state index contributed by atoms with van der Waals surface area (Å²) in [5, 5.41) is 4.26. The molecule has 2 rings (SSSR count). The summed E-state index contributed by atoms with van der Waals surface area (Å²) < 4.78 is 0. The number of hydrogen-bond acceptors (Lipinski definition) is 3. The molecule has 1 aromatic carbocycles. The van der Waals surface area contributed by atoms with Crippen molar-refractivity contribution in [3.63, 3.8) is 0 Å². The van der Waals surface area contributed by atoms with Crippen LogP contribution in [0.5, 0.6) is 0 Å². The standard InChI is InChI=1S/C11H8N4O/c1-7(16)9-6-13-10-5-3-2-4-8(10)11(9)14-15-12/h2-6H,1H3. The lowest BCUT2D eigenvalue weighted by atomic mass is 10.1. The van der Waals surface area contributed by atoms with Crippen molar-refractivity contribution in [1.82, 2.24) is 4.98 Å². The van der Waals surface area contributed by atoms with Crippen molar-refractivity contribution in [3.8, 4) is 0 Å². The van der Waals surface area contributed by atoms with Crippen molar-refractivity contribution < 1.29 is 4.79 Å². The molecule has 0 unspecified atom stereocenters. The third kappa shape index (κ3) is 1.60. The molecule has 0 spiro atoms. The van der Waals surface area contributed by atoms with E-state index in [2.05, 4.69) is 15.0 Å². The van der Waals surface area contributed by atoms with Crippen LogP contribution in [-0.2, 0) is 0 Å². The molecule has 0 amide bonds. The topological polar surface area (TPSA) is 78.7 Å². The summed E-state index contributed by atoms with van der Waals surface area (Å²) in [6.45, 7) is 1.42. The van der Waals surface area contributed by atoms with Gasteiger partial charge in [-0.15, -0.1) is 0 Å². The zero-order valence-corrected chi connectivity index (χ0v) is 8.58. The number of carbonyl (C=O) groups is 1. The molecule has 5 heteroatoms. The Morgan fingerprint density at radius 2 is 2.19 bits per heavy atom. The average molecular weight is 212 g/mol. The summed E-state index contributed by atoms with van der Waals surface area (Å²) in [4.78, 5) is 18.2. The second-order valence-electron chi connectivity index (χ2n) is 3.28. The summed E-state index contributed by atoms with van der Waals surface area (Å²) in [7, 11) is 0. The number of ketones is 1. The minimum absolute atomic E-state index is 0.166. The third-order valence-corrected chi connectivity index (χ3v) is 2.27. The van der Waals surface area contributed by atoms with E-state index < -0.39 is 0 Å². The molecule has 5 nitrogen and oxygen atoms in total. The van der Waals surface area contributed by atoms with Gasteiger partial charge in [-0.05, 0) is 18.5 Å². The Labute approximate surface area is 91.4 Å². The summed E-state index contributed by atoms with van der Waals surface area (Å²) in [6, 6.07) is 7.22. The van der Waals surface area contributed by atoms with Gasteiger partial charge >= 0.3 is 0 Å². The molecule has 0 bridgehead atoms. The minimum atomic E-state index is -0.166. The fourth-order valence-corrected chi connectivity index (χ4v) is 1.54. The SMILES string of the molecule is CC(=O)c1cnc2ccccc2c1N=[N+]=[N-]. The Bertz CT molecular complexity index is 614. The number of benzene rings is 1. The zero-order valence-electron chi connectivity index (χ0n) is 8.58. The molecular formula is C11H8N4O. The van der Waals surface area contributed by atoms with Crippen LogP contribution in [-0.4, -0.2) is 10.8 Å². The summed E-state index contributed by atoms with van der Waals surface area (Å²) >= 11 is 0. The Morgan fingerprint density at radius 1 is 1.44 bits per heavy atom. The molecule has 0 fully saturated rings. The van der Waals surface area contributed by atoms with Gasteiger partial charge in [0, 0.05) is 22.1 Å². The highest BCUT2D eigenvalue weighted by Gasteiger charge is 2.10. The molecule has 78 valence electrons. The van der Waals surface area contributed by atoms with E-state index in [1.807, 2.05) is 12.1 Å². The van der Waals surface area contributed by atoms with Gasteiger partial charge in [-0.1, -0.05) is 23.3 Å². The van der Waals surface area contributed by atoms with E-state index in [1.165, 1.54) is 13.1 Å². The normalized spacial score (nSPS) is 9.81. The third-order valence-electron chi connectivity index (χ3n) is 2.27. The molecule has 0 atom stereocenters. The summed E-state index contributed by atoms with van der Waals surface area (Å²) in [6.07, 6.45) is 1.44. The quantitative estimate of drug-likeness (QED) is 0.331. The van der Waals surface area contributed by atoms with Gasteiger partial charge in [0.15, 0.2) is 5.78 Å². The van der Waals surface area contributed by atoms with E-state index >= 15 is 0 Å². The maximum atomic E-state index is 11.4. The van der Waals surface area contributed by atoms with Gasteiger partial charge < -0.3 is 0 Å². The van der Waals surface area contributed by atoms with Gasteiger partial charge in [-0.2, -0.15) is 0 Å². The number of rotatable bonds is 2. The Hall–Kier alpha value is -2.39. The fraction of sp³-hybridized carbons (Fsp3) is 0.0909. The van der Waals surface area contributed by atoms with Gasteiger partial charge in [0.1, 0.15) is 0 Å². The first-order valence-corrected chi connectivity index (χ1v) is 4.68. The van der Waals surface area contributed by atoms with Crippen LogP contribution in [0, 0.1) is 0 Å². The number of fused-ring (bicyclic) bond motifs is 1. The number of aromatic nitrogens is 1. The van der Waals surface area contributed by atoms with Crippen molar-refractivity contribution in [3.05, 3.63) is 46.5 Å². The van der Waals surface area contributed by atoms with Crippen LogP contribution in [0.15, 0.2) is 35.6 Å². The van der Waals surface area contributed by atoms with Gasteiger partial charge in [0.05, 0.1) is 11.2 Å². The number of hydrogen-bond donors (Lipinski definition) is 0. The van der Waals surface area contributed by atoms with Crippen LogP contribution in [0.3, 0.4) is 0 Å². The largest absolute Gasteiger partial charge is 0.294 e. The van der Waals surface area contributed by atoms with E-state index in [4.69, 9.17) is 5.53 Å². The smallest absolute Gasteiger partial charge is 0.161 e. The molecular weight excluding hydrogens is 204 g/mol. The fourth-order valence-electron chi connectivity index (χ4n) is 1.54. The van der Waals surface area contributed by atoms with Gasteiger partial charge in [-0.3, -0.25) is 9.78 Å². The molecule has 2 aromatic rings. The van der Waals surface area contributed by atoms with E-state index in [9.17, 15) is 4.79 Å². The number of nitrogens with zero attached hydrogens (tertiary/aromatic N) is 4. The average Bonchev–Trinajstić information content (AvgIpc) is 2.29. The second-order valence-corrected chi connectivity index (χ2v) is 3.28. The lowest BCUT2D eigenvalue weighted by Crippen LogP contribution is -1.94. The van der Waals surface area contributed by atoms with Gasteiger partial charge in [-0.25, -0.2) is 0 Å². The van der Waals surface area contributed by atoms with E-state index in [1.54, 1.807) is 12.1 Å². The lowest BCUT2D eigenvalue weighted by molar-refractivity contribution is 0.101. The highest BCUT2D eigenvalue weighted by atomic mass is 16.1. The first kappa shape index (κ1) is 10.1. The Balaban J connectivity index is 2.89. The minimum Gasteiger partial charge on any atom is -0.294 e. The first-order chi connectivity index (χ1) is 7.74. The molecule has 0 saturated carbocycles. The zero-order chi connectivity index (χ0) is 11.5. The van der Waals surface area contributed by atoms with Crippen LogP contribution in [0.4, 0.5) is 5.69 Å². The monoisotopic (exact) mass is 212 g/mol. The van der Waals surface area contributed by atoms with Crippen molar-refractivity contribution in [2.24, 2.45) is 5.11 Å². The lowest BCUT2D eigenvalue weighted by Gasteiger charge is -2.04. The molecule has 16 heavy (non-hydrogen) atoms. The van der Waals surface area contributed by atoms with E-state index in [0.717, 1.165) is 0 Å². The van der Waals surface area contributed by atoms with Crippen LogP contribution in [0.2, 0.25) is 0 Å². The highest BCUT2D eigenvalue weighted by molar-refractivity contribution is 6.05. The second kappa shape index (κ2) is 4.00. The molecule has 0 aliphatic rings. The van der Waals surface area contributed by atoms with Crippen molar-refractivity contribution >= 4 is 22.4 Å². The Morgan fingerprint density at radius 3 is 2.88 bits per heavy atom. The Kier molecular flexibility index (Phi) is 2.54. The molecule has 0 aliphatic heterocycles. The highest BCUT2D eigenvalue weighted by Crippen LogP contribution is 2.28. The molecule has 1 heterocycles. The van der Waals surface area contributed by atoms with Gasteiger partial charge in [0.25, 0.3) is 0 Å². The number of Topliss-reactive ketones (excluding diaryl/α,β-unsaturated/α-hetero) is 1. The maximum absolute atomic E-state index is 11.4. The number of carbonyl (C=O) groups excluding carboxylic acids is 1. The summed E-state index contributed by atoms with van der Waals surface area (Å²) in [5.74, 6) is -0.166. The number of para-hydroxylation sites is 1. The number of azide groups is 1. The molecule has 0 saturated heterocycles. The molecule has 0 aliphatic carbocycles. The predicted octanol–water partition coefficient (Wildman–Crippen LogP) is 3.38. The number of pyridine rings is 1. The van der Waals surface area contributed by atoms with Crippen LogP contribution in [0.25, 0.3) is 21.3 Å². The van der Waals surface area contributed by atoms with E-state index in [-0.39, 0.29) is 5.78 Å². The van der Waals surface area contributed by atoms with Gasteiger partial charge in [0.2, 0.25) is 0 Å². The molecule has 0 N–H and O–H groups in total. The first-order valence-electron chi connectivity index (χ1n) is 4.68. The maximum Gasteiger partial charge on any atom is 0.161 e.